The predicted octanol–water partition coefficient (Wildman–Crippen LogP) is 2.06. The molecule has 0 spiro atoms. The highest BCUT2D eigenvalue weighted by Gasteiger charge is 2.28. The van der Waals surface area contributed by atoms with Crippen molar-refractivity contribution in [2.24, 2.45) is 10.9 Å². The summed E-state index contributed by atoms with van der Waals surface area (Å²) in [5.41, 5.74) is 1.56. The number of benzene rings is 1. The van der Waals surface area contributed by atoms with Gasteiger partial charge in [0.2, 0.25) is 11.8 Å². The molecule has 4 N–H and O–H groups in total. The second kappa shape index (κ2) is 10.8. The molecule has 1 fully saturated rings. The van der Waals surface area contributed by atoms with E-state index in [-0.39, 0.29) is 24.2 Å². The molecule has 0 unspecified atom stereocenters. The zero-order valence-corrected chi connectivity index (χ0v) is 16.7. The van der Waals surface area contributed by atoms with Crippen LogP contribution in [0.2, 0.25) is 5.02 Å². The quantitative estimate of drug-likeness (QED) is 0.293. The lowest BCUT2D eigenvalue weighted by Crippen LogP contribution is -2.41. The van der Waals surface area contributed by atoms with Crippen LogP contribution < -0.4 is 21.3 Å². The summed E-state index contributed by atoms with van der Waals surface area (Å²) in [7, 11) is 0. The summed E-state index contributed by atoms with van der Waals surface area (Å²) in [6.45, 7) is 6.04. The lowest BCUT2D eigenvalue weighted by molar-refractivity contribution is -0.122. The number of nitrogens with one attached hydrogen (secondary N) is 4. The minimum Gasteiger partial charge on any atom is -0.357 e. The summed E-state index contributed by atoms with van der Waals surface area (Å²) in [4.78, 5) is 28.1. The number of anilines is 1. The van der Waals surface area contributed by atoms with Crippen LogP contribution in [0.15, 0.2) is 23.2 Å². The van der Waals surface area contributed by atoms with Crippen LogP contribution in [0.5, 0.6) is 0 Å². The average Bonchev–Trinajstić information content (AvgIpc) is 3.47. The molecule has 0 heterocycles. The highest BCUT2D eigenvalue weighted by atomic mass is 35.5. The van der Waals surface area contributed by atoms with E-state index in [1.165, 1.54) is 0 Å². The molecule has 0 aromatic heterocycles. The Labute approximate surface area is 165 Å². The third-order valence-corrected chi connectivity index (χ3v) is 4.57. The van der Waals surface area contributed by atoms with Crippen molar-refractivity contribution in [3.8, 4) is 0 Å². The summed E-state index contributed by atoms with van der Waals surface area (Å²) in [6.07, 6.45) is 2.27. The largest absolute Gasteiger partial charge is 0.357 e. The Morgan fingerprint density at radius 2 is 1.93 bits per heavy atom. The average molecular weight is 394 g/mol. The molecule has 8 heteroatoms. The molecular formula is C19H28ClN5O2. The van der Waals surface area contributed by atoms with Gasteiger partial charge in [0.05, 0.1) is 6.54 Å². The first-order valence-electron chi connectivity index (χ1n) is 9.36. The van der Waals surface area contributed by atoms with Gasteiger partial charge in [-0.1, -0.05) is 17.7 Å². The Morgan fingerprint density at radius 3 is 2.63 bits per heavy atom. The summed E-state index contributed by atoms with van der Waals surface area (Å²) < 4.78 is 0. The lowest BCUT2D eigenvalue weighted by atomic mass is 10.2. The van der Waals surface area contributed by atoms with Gasteiger partial charge >= 0.3 is 0 Å². The van der Waals surface area contributed by atoms with Gasteiger partial charge in [0, 0.05) is 42.7 Å². The molecule has 1 aromatic rings. The van der Waals surface area contributed by atoms with Crippen LogP contribution in [-0.4, -0.2) is 44.0 Å². The van der Waals surface area contributed by atoms with Gasteiger partial charge < -0.3 is 21.3 Å². The molecule has 7 nitrogen and oxygen atoms in total. The van der Waals surface area contributed by atoms with Gasteiger partial charge in [0.1, 0.15) is 0 Å². The molecule has 148 valence electrons. The number of carbonyl (C=O) groups is 2. The molecule has 27 heavy (non-hydrogen) atoms. The van der Waals surface area contributed by atoms with E-state index in [0.29, 0.717) is 42.8 Å². The topological polar surface area (TPSA) is 94.6 Å². The maximum atomic E-state index is 12.1. The Balaban J connectivity index is 1.71. The minimum atomic E-state index is -0.114. The van der Waals surface area contributed by atoms with E-state index < -0.39 is 0 Å². The van der Waals surface area contributed by atoms with E-state index in [2.05, 4.69) is 26.3 Å². The first-order valence-corrected chi connectivity index (χ1v) is 9.74. The van der Waals surface area contributed by atoms with Gasteiger partial charge in [-0.25, -0.2) is 0 Å². The molecule has 2 rings (SSSR count). The van der Waals surface area contributed by atoms with Gasteiger partial charge in [-0.15, -0.1) is 0 Å². The molecule has 1 aliphatic carbocycles. The number of rotatable bonds is 9. The van der Waals surface area contributed by atoms with Crippen LogP contribution in [0.4, 0.5) is 5.69 Å². The third kappa shape index (κ3) is 7.46. The molecule has 0 atom stereocenters. The molecule has 1 aromatic carbocycles. The van der Waals surface area contributed by atoms with Crippen molar-refractivity contribution in [2.45, 2.75) is 33.1 Å². The number of hydrogen-bond donors (Lipinski definition) is 4. The van der Waals surface area contributed by atoms with Crippen molar-refractivity contribution < 1.29 is 9.59 Å². The number of guanidine groups is 1. The minimum absolute atomic E-state index is 0.114. The zero-order valence-electron chi connectivity index (χ0n) is 15.9. The monoisotopic (exact) mass is 393 g/mol. The van der Waals surface area contributed by atoms with Gasteiger partial charge in [-0.3, -0.25) is 14.6 Å². The van der Waals surface area contributed by atoms with Crippen LogP contribution >= 0.6 is 11.6 Å². The molecule has 0 radical (unpaired) electrons. The van der Waals surface area contributed by atoms with E-state index in [4.69, 9.17) is 11.6 Å². The predicted molar refractivity (Wildman–Crippen MR) is 109 cm³/mol. The molecular weight excluding hydrogens is 366 g/mol. The van der Waals surface area contributed by atoms with E-state index in [1.807, 2.05) is 19.9 Å². The third-order valence-electron chi connectivity index (χ3n) is 4.16. The summed E-state index contributed by atoms with van der Waals surface area (Å²) >= 11 is 6.06. The van der Waals surface area contributed by atoms with E-state index in [1.54, 1.807) is 12.1 Å². The number of hydrogen-bond acceptors (Lipinski definition) is 3. The molecule has 1 saturated carbocycles. The first-order chi connectivity index (χ1) is 13.0. The lowest BCUT2D eigenvalue weighted by Gasteiger charge is -2.12. The number of aliphatic imine (C=N–C) groups is 1. The fourth-order valence-corrected chi connectivity index (χ4v) is 2.60. The smallest absolute Gasteiger partial charge is 0.226 e. The van der Waals surface area contributed by atoms with E-state index >= 15 is 0 Å². The molecule has 2 amide bonds. The Morgan fingerprint density at radius 1 is 1.19 bits per heavy atom. The van der Waals surface area contributed by atoms with Gasteiger partial charge in [-0.2, -0.15) is 0 Å². The van der Waals surface area contributed by atoms with Crippen LogP contribution in [0.3, 0.4) is 0 Å². The molecule has 0 saturated heterocycles. The second-order valence-corrected chi connectivity index (χ2v) is 6.87. The van der Waals surface area contributed by atoms with Crippen molar-refractivity contribution in [2.75, 3.05) is 31.5 Å². The standard InChI is InChI=1S/C19H28ClN5O2/c1-3-21-19(24-12-11-22-18(27)14-7-8-14)23-10-9-17(26)25-16-6-4-5-15(20)13(16)2/h4-6,14H,3,7-12H2,1-2H3,(H,22,27)(H,25,26)(H2,21,23,24). The van der Waals surface area contributed by atoms with E-state index in [0.717, 1.165) is 18.4 Å². The van der Waals surface area contributed by atoms with Crippen molar-refractivity contribution in [1.82, 2.24) is 16.0 Å². The van der Waals surface area contributed by atoms with Crippen molar-refractivity contribution in [3.63, 3.8) is 0 Å². The van der Waals surface area contributed by atoms with Crippen molar-refractivity contribution >= 4 is 35.1 Å². The highest BCUT2D eigenvalue weighted by molar-refractivity contribution is 6.31. The van der Waals surface area contributed by atoms with Gasteiger partial charge in [-0.05, 0) is 44.4 Å². The first kappa shape index (κ1) is 21.0. The summed E-state index contributed by atoms with van der Waals surface area (Å²) in [6, 6.07) is 5.42. The zero-order chi connectivity index (χ0) is 19.6. The number of halogens is 1. The Hall–Kier alpha value is -2.28. The molecule has 0 aliphatic heterocycles. The fraction of sp³-hybridized carbons (Fsp3) is 0.526. The summed E-state index contributed by atoms with van der Waals surface area (Å²) in [5.74, 6) is 0.863. The van der Waals surface area contributed by atoms with Gasteiger partial charge in [0.25, 0.3) is 0 Å². The molecule has 1 aliphatic rings. The normalized spacial score (nSPS) is 13.8. The van der Waals surface area contributed by atoms with Crippen molar-refractivity contribution in [3.05, 3.63) is 28.8 Å². The number of carbonyl (C=O) groups excluding carboxylic acids is 2. The summed E-state index contributed by atoms with van der Waals surface area (Å²) in [5, 5.41) is 12.6. The van der Waals surface area contributed by atoms with Crippen LogP contribution in [-0.2, 0) is 9.59 Å². The molecule has 0 bridgehead atoms. The highest BCUT2D eigenvalue weighted by Crippen LogP contribution is 2.28. The number of nitrogens with zero attached hydrogens (tertiary/aromatic N) is 1. The Kier molecular flexibility index (Phi) is 8.39. The van der Waals surface area contributed by atoms with Crippen LogP contribution in [0, 0.1) is 12.8 Å². The van der Waals surface area contributed by atoms with Crippen LogP contribution in [0.25, 0.3) is 0 Å². The Bertz CT molecular complexity index is 689. The maximum Gasteiger partial charge on any atom is 0.226 e. The maximum absolute atomic E-state index is 12.1. The van der Waals surface area contributed by atoms with E-state index in [9.17, 15) is 9.59 Å². The second-order valence-electron chi connectivity index (χ2n) is 6.46. The van der Waals surface area contributed by atoms with Gasteiger partial charge in [0.15, 0.2) is 5.96 Å². The van der Waals surface area contributed by atoms with Crippen molar-refractivity contribution in [1.29, 1.82) is 0 Å². The van der Waals surface area contributed by atoms with Crippen LogP contribution in [0.1, 0.15) is 31.7 Å². The fourth-order valence-electron chi connectivity index (χ4n) is 2.42. The SMILES string of the molecule is CCNC(=NCCC(=O)Nc1cccc(Cl)c1C)NCCNC(=O)C1CC1. The number of amides is 2.